The lowest BCUT2D eigenvalue weighted by molar-refractivity contribution is -0.134. The monoisotopic (exact) mass is 862 g/mol. The van der Waals surface area contributed by atoms with Gasteiger partial charge in [-0.3, -0.25) is 19.3 Å². The minimum Gasteiger partial charge on any atom is -0.483 e. The number of amidine groups is 2. The fourth-order valence-corrected chi connectivity index (χ4v) is 9.16. The second kappa shape index (κ2) is 17.4. The number of ether oxygens (including phenoxy) is 2. The summed E-state index contributed by atoms with van der Waals surface area (Å²) >= 11 is 0. The van der Waals surface area contributed by atoms with E-state index < -0.39 is 18.1 Å². The number of hydrazone groups is 2. The van der Waals surface area contributed by atoms with Crippen LogP contribution in [0.25, 0.3) is 0 Å². The number of aliphatic carboxylic acids is 1. The van der Waals surface area contributed by atoms with E-state index in [0.717, 1.165) is 33.1 Å². The molecule has 0 saturated carbocycles. The summed E-state index contributed by atoms with van der Waals surface area (Å²) in [6.45, 7) is 13.0. The molecule has 2 unspecified atom stereocenters. The van der Waals surface area contributed by atoms with Gasteiger partial charge in [0.05, 0.1) is 17.4 Å². The molecular weight excluding hydrogens is 811 g/mol. The van der Waals surface area contributed by atoms with Crippen LogP contribution < -0.4 is 35.4 Å². The van der Waals surface area contributed by atoms with Crippen LogP contribution >= 0.6 is 0 Å². The zero-order chi connectivity index (χ0) is 44.6. The number of benzene rings is 4. The third-order valence-electron chi connectivity index (χ3n) is 12.3. The molecular formula is C47H52F2N8O6. The number of likely N-dealkylation sites (tertiary alicyclic amines) is 1. The second-order valence-corrected chi connectivity index (χ2v) is 17.7. The lowest BCUT2D eigenvalue weighted by Gasteiger charge is -2.52. The average molecular weight is 863 g/mol. The van der Waals surface area contributed by atoms with E-state index in [-0.39, 0.29) is 53.5 Å². The number of carbonyl (C=O) groups excluding carboxylic acids is 2. The third kappa shape index (κ3) is 8.95. The molecule has 330 valence electrons. The quantitative estimate of drug-likeness (QED) is 0.184. The van der Waals surface area contributed by atoms with Crippen LogP contribution in [0.3, 0.4) is 0 Å². The van der Waals surface area contributed by atoms with Gasteiger partial charge in [0, 0.05) is 45.2 Å². The summed E-state index contributed by atoms with van der Waals surface area (Å²) < 4.78 is 41.0. The topological polar surface area (TPSA) is 160 Å². The van der Waals surface area contributed by atoms with Crippen LogP contribution in [0, 0.1) is 22.5 Å². The second-order valence-electron chi connectivity index (χ2n) is 17.7. The Hall–Kier alpha value is -6.39. The van der Waals surface area contributed by atoms with Crippen molar-refractivity contribution in [2.45, 2.75) is 65.6 Å². The van der Waals surface area contributed by atoms with Gasteiger partial charge in [0.1, 0.15) is 48.4 Å². The summed E-state index contributed by atoms with van der Waals surface area (Å²) in [5, 5.41) is 18.8. The summed E-state index contributed by atoms with van der Waals surface area (Å²) in [7, 11) is 0. The zero-order valence-corrected chi connectivity index (χ0v) is 36.0. The van der Waals surface area contributed by atoms with E-state index >= 15 is 4.39 Å². The van der Waals surface area contributed by atoms with Crippen LogP contribution in [-0.4, -0.2) is 90.9 Å². The molecule has 6 heterocycles. The van der Waals surface area contributed by atoms with Crippen molar-refractivity contribution >= 4 is 40.8 Å². The Morgan fingerprint density at radius 1 is 0.746 bits per heavy atom. The van der Waals surface area contributed by atoms with Gasteiger partial charge in [-0.2, -0.15) is 10.2 Å². The summed E-state index contributed by atoms with van der Waals surface area (Å²) in [6, 6.07) is 26.9. The number of halogens is 2. The first kappa shape index (κ1) is 43.3. The SMILES string of the molecule is CC(=O)O.CC1C(=O)NN=C2COc3cc(F)c(CC4(C)CN(C(c5ccccc5)c5ccccc5)C4)cc3N21.CC1C(=O)NN=C2COc3cc(F)c(CC4(C)CNC4)cc3N21. The third-order valence-corrected chi connectivity index (χ3v) is 12.3. The molecule has 4 aromatic carbocycles. The van der Waals surface area contributed by atoms with Crippen LogP contribution in [0.1, 0.15) is 62.9 Å². The maximum absolute atomic E-state index is 15.2. The molecule has 6 aliphatic rings. The number of carbonyl (C=O) groups is 3. The Morgan fingerprint density at radius 3 is 1.56 bits per heavy atom. The van der Waals surface area contributed by atoms with E-state index in [1.54, 1.807) is 13.0 Å². The number of carboxylic acid groups (broad SMARTS) is 1. The van der Waals surface area contributed by atoms with Gasteiger partial charge in [-0.15, -0.1) is 0 Å². The first-order valence-electron chi connectivity index (χ1n) is 21.1. The maximum Gasteiger partial charge on any atom is 0.300 e. The molecule has 6 aliphatic heterocycles. The largest absolute Gasteiger partial charge is 0.483 e. The Balaban J connectivity index is 0.000000173. The molecule has 2 saturated heterocycles. The van der Waals surface area contributed by atoms with E-state index in [1.165, 1.54) is 23.3 Å². The number of amides is 2. The van der Waals surface area contributed by atoms with Crippen molar-refractivity contribution in [3.63, 3.8) is 0 Å². The van der Waals surface area contributed by atoms with Crippen LogP contribution in [-0.2, 0) is 27.2 Å². The summed E-state index contributed by atoms with van der Waals surface area (Å²) in [6.07, 6.45) is 1.25. The van der Waals surface area contributed by atoms with Crippen LogP contribution in [0.5, 0.6) is 11.5 Å². The van der Waals surface area contributed by atoms with Gasteiger partial charge in [-0.1, -0.05) is 74.5 Å². The van der Waals surface area contributed by atoms with Crippen molar-refractivity contribution in [2.24, 2.45) is 21.0 Å². The molecule has 0 radical (unpaired) electrons. The Labute approximate surface area is 364 Å². The number of nitrogens with one attached hydrogen (secondary N) is 3. The fourth-order valence-electron chi connectivity index (χ4n) is 9.16. The molecule has 4 aromatic rings. The van der Waals surface area contributed by atoms with Crippen molar-refractivity contribution in [2.75, 3.05) is 49.2 Å². The van der Waals surface area contributed by atoms with E-state index in [0.29, 0.717) is 58.5 Å². The highest BCUT2D eigenvalue weighted by Crippen LogP contribution is 2.45. The van der Waals surface area contributed by atoms with Crippen LogP contribution in [0.4, 0.5) is 20.2 Å². The minimum absolute atomic E-state index is 0.0752. The molecule has 4 N–H and O–H groups in total. The van der Waals surface area contributed by atoms with Crippen molar-refractivity contribution in [1.29, 1.82) is 0 Å². The molecule has 0 aliphatic carbocycles. The predicted molar refractivity (Wildman–Crippen MR) is 235 cm³/mol. The molecule has 2 fully saturated rings. The number of hydrogen-bond donors (Lipinski definition) is 4. The average Bonchev–Trinajstić information content (AvgIpc) is 3.23. The smallest absolute Gasteiger partial charge is 0.300 e. The van der Waals surface area contributed by atoms with Gasteiger partial charge in [0.25, 0.3) is 17.8 Å². The van der Waals surface area contributed by atoms with Crippen molar-refractivity contribution in [3.05, 3.63) is 119 Å². The van der Waals surface area contributed by atoms with Crippen molar-refractivity contribution in [3.8, 4) is 11.5 Å². The summed E-state index contributed by atoms with van der Waals surface area (Å²) in [4.78, 5) is 39.3. The Morgan fingerprint density at radius 2 is 1.16 bits per heavy atom. The van der Waals surface area contributed by atoms with Gasteiger partial charge in [-0.25, -0.2) is 19.6 Å². The first-order chi connectivity index (χ1) is 30.1. The molecule has 14 nitrogen and oxygen atoms in total. The van der Waals surface area contributed by atoms with E-state index in [9.17, 15) is 14.0 Å². The molecule has 0 aromatic heterocycles. The van der Waals surface area contributed by atoms with Gasteiger partial charge in [0.2, 0.25) is 0 Å². The predicted octanol–water partition coefficient (Wildman–Crippen LogP) is 5.61. The van der Waals surface area contributed by atoms with Gasteiger partial charge in [0.15, 0.2) is 11.7 Å². The van der Waals surface area contributed by atoms with Crippen LogP contribution in [0.15, 0.2) is 95.1 Å². The highest BCUT2D eigenvalue weighted by atomic mass is 19.1. The van der Waals surface area contributed by atoms with Gasteiger partial charge in [-0.05, 0) is 71.9 Å². The maximum atomic E-state index is 15.2. The highest BCUT2D eigenvalue weighted by Gasteiger charge is 2.44. The van der Waals surface area contributed by atoms with Crippen molar-refractivity contribution < 1.29 is 37.7 Å². The molecule has 0 spiro atoms. The molecule has 63 heavy (non-hydrogen) atoms. The molecule has 10 rings (SSSR count). The van der Waals surface area contributed by atoms with Gasteiger partial charge < -0.3 is 29.7 Å². The van der Waals surface area contributed by atoms with Gasteiger partial charge >= 0.3 is 0 Å². The van der Waals surface area contributed by atoms with E-state index in [1.807, 2.05) is 34.9 Å². The molecule has 2 atom stereocenters. The lowest BCUT2D eigenvalue weighted by Crippen LogP contribution is -2.57. The summed E-state index contributed by atoms with van der Waals surface area (Å²) in [5.74, 6) is 0.445. The zero-order valence-electron chi connectivity index (χ0n) is 36.0. The first-order valence-corrected chi connectivity index (χ1v) is 21.1. The number of rotatable bonds is 7. The lowest BCUT2D eigenvalue weighted by atomic mass is 9.74. The standard InChI is InChI=1S/C29H29FN4O2.C16H19FN4O2.C2H4O2/c1-19-28(35)32-31-26-16-36-25-14-23(30)22(13-24(25)34(19)26)15-29(2)17-33(18-29)27(20-9-5-3-6-10-20)21-11-7-4-8-12-21;1-9-15(22)20-19-14-6-23-13-4-11(17)10(3-12(13)21(9)14)5-16(2)7-18-8-16;1-2(3)4/h3-14,19,27H,15-18H2,1-2H3,(H,32,35);3-4,9,18H,5-8H2,1-2H3,(H,20,22);1H3,(H,3,4). The minimum atomic E-state index is -0.833. The number of hydrogen-bond acceptors (Lipinski definition) is 11. The Kier molecular flexibility index (Phi) is 12.0. The fraction of sp³-hybridized carbons (Fsp3) is 0.383. The Bertz CT molecular complexity index is 2420. The highest BCUT2D eigenvalue weighted by molar-refractivity contribution is 6.10. The van der Waals surface area contributed by atoms with Crippen molar-refractivity contribution in [1.82, 2.24) is 21.1 Å². The number of carboxylic acids is 1. The number of anilines is 2. The van der Waals surface area contributed by atoms with Crippen LogP contribution in [0.2, 0.25) is 0 Å². The molecule has 2 amide bonds. The molecule has 16 heteroatoms. The normalized spacial score (nSPS) is 21.1. The summed E-state index contributed by atoms with van der Waals surface area (Å²) in [5.41, 5.74) is 10.2. The van der Waals surface area contributed by atoms with E-state index in [4.69, 9.17) is 19.4 Å². The molecule has 0 bridgehead atoms. The van der Waals surface area contributed by atoms with E-state index in [2.05, 4.69) is 93.6 Å². The number of nitrogens with zero attached hydrogens (tertiary/aromatic N) is 5. The number of fused-ring (bicyclic) bond motifs is 6.